The Hall–Kier alpha value is -0.860. The van der Waals surface area contributed by atoms with Gasteiger partial charge in [-0.05, 0) is 43.0 Å². The lowest BCUT2D eigenvalue weighted by Gasteiger charge is -2.25. The van der Waals surface area contributed by atoms with E-state index in [1.165, 1.54) is 16.7 Å². The van der Waals surface area contributed by atoms with Crippen LogP contribution in [0.1, 0.15) is 50.4 Å². The van der Waals surface area contributed by atoms with Crippen LogP contribution >= 0.6 is 0 Å². The number of aryl methyl sites for hydroxylation is 1. The highest BCUT2D eigenvalue weighted by atomic mass is 16.3. The second-order valence-corrected chi connectivity index (χ2v) is 5.83. The molecule has 1 rings (SSSR count). The maximum Gasteiger partial charge on any atom is 0.0706 e. The summed E-state index contributed by atoms with van der Waals surface area (Å²) in [4.78, 5) is 0. The van der Waals surface area contributed by atoms with E-state index in [4.69, 9.17) is 0 Å². The summed E-state index contributed by atoms with van der Waals surface area (Å²) >= 11 is 0. The van der Waals surface area contributed by atoms with E-state index in [1.807, 2.05) is 14.0 Å². The lowest BCUT2D eigenvalue weighted by molar-refractivity contribution is 0.149. The maximum absolute atomic E-state index is 9.76. The maximum atomic E-state index is 9.76. The van der Waals surface area contributed by atoms with Crippen molar-refractivity contribution in [2.45, 2.75) is 52.2 Å². The van der Waals surface area contributed by atoms with E-state index in [-0.39, 0.29) is 17.6 Å². The van der Waals surface area contributed by atoms with Gasteiger partial charge in [0.05, 0.1) is 12.1 Å². The normalized spacial score (nSPS) is 15.7. The van der Waals surface area contributed by atoms with Crippen molar-refractivity contribution in [1.29, 1.82) is 0 Å². The van der Waals surface area contributed by atoms with Crippen LogP contribution in [0.4, 0.5) is 0 Å². The van der Waals surface area contributed by atoms with Crippen molar-refractivity contribution in [3.05, 3.63) is 34.9 Å². The minimum atomic E-state index is -0.390. The average molecular weight is 235 g/mol. The predicted molar refractivity (Wildman–Crippen MR) is 73.4 cm³/mol. The second-order valence-electron chi connectivity index (χ2n) is 5.83. The summed E-state index contributed by atoms with van der Waals surface area (Å²) in [5.41, 5.74) is 3.91. The van der Waals surface area contributed by atoms with E-state index in [0.717, 1.165) is 0 Å². The van der Waals surface area contributed by atoms with Crippen molar-refractivity contribution in [2.75, 3.05) is 7.05 Å². The Morgan fingerprint density at radius 1 is 1.24 bits per heavy atom. The van der Waals surface area contributed by atoms with Gasteiger partial charge in [-0.25, -0.2) is 0 Å². The molecular weight excluding hydrogens is 210 g/mol. The number of aliphatic hydroxyl groups excluding tert-OH is 1. The molecule has 1 aromatic carbocycles. The molecule has 0 aliphatic rings. The fourth-order valence-electron chi connectivity index (χ4n) is 2.15. The van der Waals surface area contributed by atoms with E-state index in [0.29, 0.717) is 0 Å². The van der Waals surface area contributed by atoms with Crippen molar-refractivity contribution in [1.82, 2.24) is 5.32 Å². The molecule has 2 unspecified atom stereocenters. The predicted octanol–water partition coefficient (Wildman–Crippen LogP) is 2.93. The molecule has 17 heavy (non-hydrogen) atoms. The van der Waals surface area contributed by atoms with Crippen LogP contribution in [-0.4, -0.2) is 18.3 Å². The molecule has 0 aromatic heterocycles. The standard InChI is InChI=1S/C15H25NO/c1-10-9-12(15(3,4)5)7-8-13(10)14(16-6)11(2)17/h7-9,11,14,16-17H,1-6H3. The van der Waals surface area contributed by atoms with Crippen LogP contribution in [0, 0.1) is 6.92 Å². The highest BCUT2D eigenvalue weighted by Gasteiger charge is 2.19. The summed E-state index contributed by atoms with van der Waals surface area (Å²) in [5.74, 6) is 0. The molecule has 2 atom stereocenters. The minimum Gasteiger partial charge on any atom is -0.391 e. The summed E-state index contributed by atoms with van der Waals surface area (Å²) in [6, 6.07) is 6.52. The Morgan fingerprint density at radius 3 is 2.18 bits per heavy atom. The zero-order chi connectivity index (χ0) is 13.2. The molecule has 96 valence electrons. The number of rotatable bonds is 3. The molecule has 2 N–H and O–H groups in total. The number of benzene rings is 1. The highest BCUT2D eigenvalue weighted by Crippen LogP contribution is 2.27. The van der Waals surface area contributed by atoms with E-state index in [1.54, 1.807) is 0 Å². The zero-order valence-electron chi connectivity index (χ0n) is 11.8. The number of hydrogen-bond donors (Lipinski definition) is 2. The third-order valence-corrected chi connectivity index (χ3v) is 3.26. The molecule has 2 nitrogen and oxygen atoms in total. The Balaban J connectivity index is 3.13. The molecule has 0 spiro atoms. The van der Waals surface area contributed by atoms with Gasteiger partial charge in [-0.15, -0.1) is 0 Å². The van der Waals surface area contributed by atoms with Crippen LogP contribution in [0.3, 0.4) is 0 Å². The van der Waals surface area contributed by atoms with Crippen LogP contribution in [0.2, 0.25) is 0 Å². The molecule has 0 radical (unpaired) electrons. The van der Waals surface area contributed by atoms with E-state index in [9.17, 15) is 5.11 Å². The fraction of sp³-hybridized carbons (Fsp3) is 0.600. The molecule has 0 amide bonds. The monoisotopic (exact) mass is 235 g/mol. The minimum absolute atomic E-state index is 0.00372. The first-order chi connectivity index (χ1) is 7.77. The number of likely N-dealkylation sites (N-methyl/N-ethyl adjacent to an activating group) is 1. The highest BCUT2D eigenvalue weighted by molar-refractivity contribution is 5.36. The van der Waals surface area contributed by atoms with Crippen molar-refractivity contribution in [2.24, 2.45) is 0 Å². The lowest BCUT2D eigenvalue weighted by Crippen LogP contribution is -2.28. The van der Waals surface area contributed by atoms with Gasteiger partial charge in [-0.1, -0.05) is 39.0 Å². The molecule has 0 heterocycles. The van der Waals surface area contributed by atoms with Gasteiger partial charge in [-0.2, -0.15) is 0 Å². The summed E-state index contributed by atoms with van der Waals surface area (Å²) in [6.45, 7) is 10.6. The molecule has 2 heteroatoms. The van der Waals surface area contributed by atoms with Crippen LogP contribution in [-0.2, 0) is 5.41 Å². The lowest BCUT2D eigenvalue weighted by atomic mass is 9.84. The van der Waals surface area contributed by atoms with Crippen LogP contribution < -0.4 is 5.32 Å². The number of hydrogen-bond acceptors (Lipinski definition) is 2. The Morgan fingerprint density at radius 2 is 1.82 bits per heavy atom. The Bertz CT molecular complexity index is 377. The van der Waals surface area contributed by atoms with E-state index in [2.05, 4.69) is 51.2 Å². The number of aliphatic hydroxyl groups is 1. The van der Waals surface area contributed by atoms with Crippen LogP contribution in [0.5, 0.6) is 0 Å². The second kappa shape index (κ2) is 5.19. The molecule has 0 fully saturated rings. The van der Waals surface area contributed by atoms with Crippen molar-refractivity contribution in [3.63, 3.8) is 0 Å². The molecule has 0 bridgehead atoms. The quantitative estimate of drug-likeness (QED) is 0.844. The van der Waals surface area contributed by atoms with Gasteiger partial charge in [0.25, 0.3) is 0 Å². The first-order valence-electron chi connectivity index (χ1n) is 6.23. The van der Waals surface area contributed by atoms with Crippen molar-refractivity contribution in [3.8, 4) is 0 Å². The van der Waals surface area contributed by atoms with E-state index < -0.39 is 0 Å². The fourth-order valence-corrected chi connectivity index (χ4v) is 2.15. The van der Waals surface area contributed by atoms with E-state index >= 15 is 0 Å². The summed E-state index contributed by atoms with van der Waals surface area (Å²) in [7, 11) is 1.88. The molecule has 1 aromatic rings. The first-order valence-corrected chi connectivity index (χ1v) is 6.23. The zero-order valence-corrected chi connectivity index (χ0v) is 11.8. The third kappa shape index (κ3) is 3.30. The van der Waals surface area contributed by atoms with Gasteiger partial charge in [0, 0.05) is 0 Å². The van der Waals surface area contributed by atoms with Gasteiger partial charge in [0.15, 0.2) is 0 Å². The van der Waals surface area contributed by atoms with Gasteiger partial charge in [0.2, 0.25) is 0 Å². The topological polar surface area (TPSA) is 32.3 Å². The van der Waals surface area contributed by atoms with Gasteiger partial charge >= 0.3 is 0 Å². The van der Waals surface area contributed by atoms with Gasteiger partial charge in [0.1, 0.15) is 0 Å². The van der Waals surface area contributed by atoms with Gasteiger partial charge < -0.3 is 10.4 Å². The SMILES string of the molecule is CNC(c1ccc(C(C)(C)C)cc1C)C(C)O. The van der Waals surface area contributed by atoms with Gasteiger partial charge in [-0.3, -0.25) is 0 Å². The van der Waals surface area contributed by atoms with Crippen molar-refractivity contribution < 1.29 is 5.11 Å². The molecule has 0 aliphatic heterocycles. The molecule has 0 saturated carbocycles. The molecular formula is C15H25NO. The Kier molecular flexibility index (Phi) is 4.34. The third-order valence-electron chi connectivity index (χ3n) is 3.26. The molecule has 0 saturated heterocycles. The van der Waals surface area contributed by atoms with Crippen LogP contribution in [0.25, 0.3) is 0 Å². The number of nitrogens with one attached hydrogen (secondary N) is 1. The van der Waals surface area contributed by atoms with Crippen LogP contribution in [0.15, 0.2) is 18.2 Å². The summed E-state index contributed by atoms with van der Waals surface area (Å²) in [5, 5.41) is 12.9. The summed E-state index contributed by atoms with van der Waals surface area (Å²) < 4.78 is 0. The summed E-state index contributed by atoms with van der Waals surface area (Å²) in [6.07, 6.45) is -0.390. The smallest absolute Gasteiger partial charge is 0.0706 e. The Labute approximate surface area is 105 Å². The van der Waals surface area contributed by atoms with Crippen molar-refractivity contribution >= 4 is 0 Å². The first kappa shape index (κ1) is 14.2. The molecule has 0 aliphatic carbocycles. The average Bonchev–Trinajstić information content (AvgIpc) is 2.19. The largest absolute Gasteiger partial charge is 0.391 e.